The standard InChI is InChI=1S/C10H10BrF2N.ClH/c11-6-3-4-7(12)8(9(6)13)10(14)5-1-2-5;/h3-5,10H,1-2,14H2;1H/t10-;/m1./s1. The van der Waals surface area contributed by atoms with Crippen molar-refractivity contribution >= 4 is 28.3 Å². The summed E-state index contributed by atoms with van der Waals surface area (Å²) in [5.74, 6) is -0.872. The summed E-state index contributed by atoms with van der Waals surface area (Å²) in [5, 5.41) is 0. The highest BCUT2D eigenvalue weighted by Crippen LogP contribution is 2.41. The van der Waals surface area contributed by atoms with Crippen LogP contribution < -0.4 is 5.73 Å². The highest BCUT2D eigenvalue weighted by Gasteiger charge is 2.33. The third-order valence-corrected chi connectivity index (χ3v) is 3.16. The van der Waals surface area contributed by atoms with E-state index in [1.807, 2.05) is 0 Å². The van der Waals surface area contributed by atoms with Crippen molar-refractivity contribution in [3.05, 3.63) is 33.8 Å². The monoisotopic (exact) mass is 297 g/mol. The van der Waals surface area contributed by atoms with Crippen molar-refractivity contribution in [3.63, 3.8) is 0 Å². The highest BCUT2D eigenvalue weighted by molar-refractivity contribution is 9.10. The van der Waals surface area contributed by atoms with Crippen LogP contribution in [-0.2, 0) is 0 Å². The number of benzene rings is 1. The predicted octanol–water partition coefficient (Wildman–Crippen LogP) is 3.56. The molecule has 1 aromatic carbocycles. The Bertz CT molecular complexity index is 369. The Kier molecular flexibility index (Phi) is 4.09. The summed E-state index contributed by atoms with van der Waals surface area (Å²) in [6, 6.07) is 2.09. The normalized spacial score (nSPS) is 17.1. The molecule has 5 heteroatoms. The predicted molar refractivity (Wildman–Crippen MR) is 61.0 cm³/mol. The summed E-state index contributed by atoms with van der Waals surface area (Å²) in [6.45, 7) is 0. The number of rotatable bonds is 2. The van der Waals surface area contributed by atoms with E-state index >= 15 is 0 Å². The topological polar surface area (TPSA) is 26.0 Å². The number of nitrogens with two attached hydrogens (primary N) is 1. The molecular weight excluding hydrogens is 287 g/mol. The van der Waals surface area contributed by atoms with Gasteiger partial charge in [-0.25, -0.2) is 8.78 Å². The minimum Gasteiger partial charge on any atom is -0.324 e. The minimum atomic E-state index is -0.565. The molecule has 0 spiro atoms. The van der Waals surface area contributed by atoms with Crippen LogP contribution in [0.5, 0.6) is 0 Å². The van der Waals surface area contributed by atoms with Crippen molar-refractivity contribution in [3.8, 4) is 0 Å². The van der Waals surface area contributed by atoms with E-state index < -0.39 is 17.7 Å². The molecule has 84 valence electrons. The first-order valence-corrected chi connectivity index (χ1v) is 5.29. The van der Waals surface area contributed by atoms with Gasteiger partial charge in [0.1, 0.15) is 11.6 Å². The minimum absolute atomic E-state index is 0. The van der Waals surface area contributed by atoms with Gasteiger partial charge >= 0.3 is 0 Å². The molecule has 1 atom stereocenters. The smallest absolute Gasteiger partial charge is 0.145 e. The van der Waals surface area contributed by atoms with E-state index in [-0.39, 0.29) is 28.4 Å². The molecule has 2 rings (SSSR count). The van der Waals surface area contributed by atoms with Crippen LogP contribution in [0.4, 0.5) is 8.78 Å². The Balaban J connectivity index is 0.00000112. The first kappa shape index (κ1) is 12.9. The van der Waals surface area contributed by atoms with E-state index in [4.69, 9.17) is 5.73 Å². The van der Waals surface area contributed by atoms with Crippen molar-refractivity contribution in [2.24, 2.45) is 11.7 Å². The molecule has 1 fully saturated rings. The summed E-state index contributed by atoms with van der Waals surface area (Å²) in [5.41, 5.74) is 5.79. The molecule has 0 radical (unpaired) electrons. The van der Waals surface area contributed by atoms with E-state index in [1.54, 1.807) is 0 Å². The van der Waals surface area contributed by atoms with Gasteiger partial charge in [-0.1, -0.05) is 0 Å². The van der Waals surface area contributed by atoms with E-state index in [0.29, 0.717) is 0 Å². The summed E-state index contributed by atoms with van der Waals surface area (Å²) in [4.78, 5) is 0. The maximum Gasteiger partial charge on any atom is 0.145 e. The molecule has 1 aliphatic carbocycles. The molecule has 0 heterocycles. The SMILES string of the molecule is Cl.N[C@@H](c1c(F)ccc(Br)c1F)C1CC1. The van der Waals surface area contributed by atoms with Crippen LogP contribution in [0, 0.1) is 17.6 Å². The fourth-order valence-corrected chi connectivity index (χ4v) is 1.89. The molecule has 0 aromatic heterocycles. The Hall–Kier alpha value is -0.190. The van der Waals surface area contributed by atoms with E-state index in [1.165, 1.54) is 12.1 Å². The molecule has 1 saturated carbocycles. The van der Waals surface area contributed by atoms with Crippen molar-refractivity contribution < 1.29 is 8.78 Å². The molecular formula is C10H11BrClF2N. The third-order valence-electron chi connectivity index (χ3n) is 2.54. The second-order valence-electron chi connectivity index (χ2n) is 3.62. The second kappa shape index (κ2) is 4.76. The lowest BCUT2D eigenvalue weighted by molar-refractivity contribution is 0.500. The van der Waals surface area contributed by atoms with Gasteiger partial charge in [-0.3, -0.25) is 0 Å². The van der Waals surface area contributed by atoms with E-state index in [9.17, 15) is 8.78 Å². The molecule has 1 aliphatic rings. The molecule has 2 N–H and O–H groups in total. The van der Waals surface area contributed by atoms with Crippen molar-refractivity contribution in [1.29, 1.82) is 0 Å². The fraction of sp³-hybridized carbons (Fsp3) is 0.400. The first-order valence-electron chi connectivity index (χ1n) is 4.50. The maximum atomic E-state index is 13.5. The van der Waals surface area contributed by atoms with Crippen molar-refractivity contribution in [2.75, 3.05) is 0 Å². The Morgan fingerprint density at radius 3 is 2.47 bits per heavy atom. The largest absolute Gasteiger partial charge is 0.324 e. The Labute approximate surface area is 102 Å². The molecule has 0 unspecified atom stereocenters. The van der Waals surface area contributed by atoms with Gasteiger partial charge in [0.15, 0.2) is 0 Å². The van der Waals surface area contributed by atoms with E-state index in [2.05, 4.69) is 15.9 Å². The maximum absolute atomic E-state index is 13.5. The summed E-state index contributed by atoms with van der Waals surface area (Å²) < 4.78 is 27.1. The van der Waals surface area contributed by atoms with Gasteiger partial charge in [0.25, 0.3) is 0 Å². The molecule has 0 amide bonds. The van der Waals surface area contributed by atoms with Gasteiger partial charge in [-0.2, -0.15) is 0 Å². The Morgan fingerprint density at radius 1 is 1.33 bits per heavy atom. The molecule has 0 bridgehead atoms. The summed E-state index contributed by atoms with van der Waals surface area (Å²) in [7, 11) is 0. The van der Waals surface area contributed by atoms with Crippen molar-refractivity contribution in [1.82, 2.24) is 0 Å². The number of hydrogen-bond acceptors (Lipinski definition) is 1. The Morgan fingerprint density at radius 2 is 1.93 bits per heavy atom. The van der Waals surface area contributed by atoms with Crippen LogP contribution in [0.3, 0.4) is 0 Å². The van der Waals surface area contributed by atoms with Gasteiger partial charge in [-0.05, 0) is 46.8 Å². The molecule has 15 heavy (non-hydrogen) atoms. The van der Waals surface area contributed by atoms with Crippen LogP contribution in [0.2, 0.25) is 0 Å². The van der Waals surface area contributed by atoms with Gasteiger partial charge in [0.05, 0.1) is 4.47 Å². The third kappa shape index (κ3) is 2.49. The van der Waals surface area contributed by atoms with Gasteiger partial charge in [0, 0.05) is 11.6 Å². The van der Waals surface area contributed by atoms with E-state index in [0.717, 1.165) is 12.8 Å². The summed E-state index contributed by atoms with van der Waals surface area (Å²) >= 11 is 3.02. The zero-order valence-electron chi connectivity index (χ0n) is 7.84. The van der Waals surface area contributed by atoms with Crippen molar-refractivity contribution in [2.45, 2.75) is 18.9 Å². The lowest BCUT2D eigenvalue weighted by Gasteiger charge is -2.13. The fourth-order valence-electron chi connectivity index (χ4n) is 1.54. The van der Waals surface area contributed by atoms with Crippen LogP contribution in [0.15, 0.2) is 16.6 Å². The molecule has 0 saturated heterocycles. The van der Waals surface area contributed by atoms with Gasteiger partial charge in [0.2, 0.25) is 0 Å². The lowest BCUT2D eigenvalue weighted by Crippen LogP contribution is -2.16. The molecule has 1 aromatic rings. The van der Waals surface area contributed by atoms with Gasteiger partial charge in [-0.15, -0.1) is 12.4 Å². The highest BCUT2D eigenvalue weighted by atomic mass is 79.9. The molecule has 1 nitrogen and oxygen atoms in total. The van der Waals surface area contributed by atoms with Crippen LogP contribution in [0.1, 0.15) is 24.4 Å². The average molecular weight is 299 g/mol. The van der Waals surface area contributed by atoms with Crippen LogP contribution in [-0.4, -0.2) is 0 Å². The van der Waals surface area contributed by atoms with Crippen LogP contribution in [0.25, 0.3) is 0 Å². The zero-order valence-corrected chi connectivity index (χ0v) is 10.2. The summed E-state index contributed by atoms with van der Waals surface area (Å²) in [6.07, 6.45) is 1.93. The average Bonchev–Trinajstić information content (AvgIpc) is 2.95. The second-order valence-corrected chi connectivity index (χ2v) is 4.47. The lowest BCUT2D eigenvalue weighted by atomic mass is 10.0. The zero-order chi connectivity index (χ0) is 10.3. The number of halogens is 4. The number of hydrogen-bond donors (Lipinski definition) is 1. The first-order chi connectivity index (χ1) is 6.61. The molecule has 0 aliphatic heterocycles. The van der Waals surface area contributed by atoms with Crippen LogP contribution >= 0.6 is 28.3 Å². The van der Waals surface area contributed by atoms with Gasteiger partial charge < -0.3 is 5.73 Å². The quantitative estimate of drug-likeness (QED) is 0.830.